The first-order valence-corrected chi connectivity index (χ1v) is 5.28. The SMILES string of the molecule is CN(C(=O)c1c(O)cccc1F)c1ccccn1. The van der Waals surface area contributed by atoms with Crippen LogP contribution in [0.15, 0.2) is 42.6 Å². The molecule has 0 aliphatic heterocycles. The molecule has 1 aromatic heterocycles. The Morgan fingerprint density at radius 3 is 2.67 bits per heavy atom. The van der Waals surface area contributed by atoms with Crippen LogP contribution in [0.4, 0.5) is 10.2 Å². The number of aromatic nitrogens is 1. The van der Waals surface area contributed by atoms with E-state index in [1.54, 1.807) is 18.2 Å². The first-order chi connectivity index (χ1) is 8.61. The molecule has 0 spiro atoms. The Morgan fingerprint density at radius 1 is 1.28 bits per heavy atom. The first-order valence-electron chi connectivity index (χ1n) is 5.28. The van der Waals surface area contributed by atoms with Gasteiger partial charge in [0.25, 0.3) is 5.91 Å². The first kappa shape index (κ1) is 12.0. The lowest BCUT2D eigenvalue weighted by molar-refractivity contribution is 0.0985. The summed E-state index contributed by atoms with van der Waals surface area (Å²) in [5.74, 6) is -1.42. The number of phenolic OH excluding ortho intramolecular Hbond substituents is 1. The van der Waals surface area contributed by atoms with Crippen molar-refractivity contribution in [3.8, 4) is 5.75 Å². The van der Waals surface area contributed by atoms with E-state index >= 15 is 0 Å². The van der Waals surface area contributed by atoms with Gasteiger partial charge in [-0.05, 0) is 24.3 Å². The minimum Gasteiger partial charge on any atom is -0.507 e. The highest BCUT2D eigenvalue weighted by atomic mass is 19.1. The van der Waals surface area contributed by atoms with E-state index in [1.165, 1.54) is 30.3 Å². The van der Waals surface area contributed by atoms with Crippen molar-refractivity contribution in [3.63, 3.8) is 0 Å². The molecule has 0 bridgehead atoms. The average molecular weight is 246 g/mol. The van der Waals surface area contributed by atoms with E-state index < -0.39 is 11.7 Å². The van der Waals surface area contributed by atoms with Gasteiger partial charge in [0.05, 0.1) is 0 Å². The molecule has 1 amide bonds. The topological polar surface area (TPSA) is 53.4 Å². The third-order valence-electron chi connectivity index (χ3n) is 2.50. The number of carbonyl (C=O) groups excluding carboxylic acids is 1. The Bertz CT molecular complexity index is 552. The van der Waals surface area contributed by atoms with E-state index in [-0.39, 0.29) is 11.3 Å². The molecule has 1 heterocycles. The number of phenols is 1. The number of nitrogens with zero attached hydrogens (tertiary/aromatic N) is 2. The number of carbonyl (C=O) groups is 1. The fourth-order valence-electron chi connectivity index (χ4n) is 1.55. The highest BCUT2D eigenvalue weighted by Gasteiger charge is 2.21. The maximum Gasteiger partial charge on any atom is 0.265 e. The minimum atomic E-state index is -0.761. The van der Waals surface area contributed by atoms with Crippen LogP contribution in [0, 0.1) is 5.82 Å². The third-order valence-corrected chi connectivity index (χ3v) is 2.50. The molecule has 0 fully saturated rings. The van der Waals surface area contributed by atoms with Crippen molar-refractivity contribution in [2.75, 3.05) is 11.9 Å². The second-order valence-corrected chi connectivity index (χ2v) is 3.69. The van der Waals surface area contributed by atoms with Crippen LogP contribution in [0.1, 0.15) is 10.4 Å². The van der Waals surface area contributed by atoms with E-state index in [0.29, 0.717) is 5.82 Å². The van der Waals surface area contributed by atoms with Crippen molar-refractivity contribution in [2.45, 2.75) is 0 Å². The summed E-state index contributed by atoms with van der Waals surface area (Å²) in [7, 11) is 1.47. The summed E-state index contributed by atoms with van der Waals surface area (Å²) in [6.45, 7) is 0. The van der Waals surface area contributed by atoms with Crippen molar-refractivity contribution in [1.82, 2.24) is 4.98 Å². The Morgan fingerprint density at radius 2 is 2.06 bits per heavy atom. The van der Waals surface area contributed by atoms with Crippen molar-refractivity contribution >= 4 is 11.7 Å². The summed E-state index contributed by atoms with van der Waals surface area (Å²) in [5, 5.41) is 9.55. The van der Waals surface area contributed by atoms with Gasteiger partial charge in [0, 0.05) is 13.2 Å². The zero-order valence-corrected chi connectivity index (χ0v) is 9.67. The summed E-state index contributed by atoms with van der Waals surface area (Å²) < 4.78 is 13.5. The lowest BCUT2D eigenvalue weighted by atomic mass is 10.1. The van der Waals surface area contributed by atoms with Gasteiger partial charge < -0.3 is 5.11 Å². The lowest BCUT2D eigenvalue weighted by Gasteiger charge is -2.16. The predicted molar refractivity (Wildman–Crippen MR) is 65.0 cm³/mol. The van der Waals surface area contributed by atoms with E-state index in [1.807, 2.05) is 0 Å². The van der Waals surface area contributed by atoms with Gasteiger partial charge in [-0.1, -0.05) is 12.1 Å². The second-order valence-electron chi connectivity index (χ2n) is 3.69. The lowest BCUT2D eigenvalue weighted by Crippen LogP contribution is -2.27. The van der Waals surface area contributed by atoms with Gasteiger partial charge >= 0.3 is 0 Å². The van der Waals surface area contributed by atoms with E-state index in [4.69, 9.17) is 0 Å². The Kier molecular flexibility index (Phi) is 3.23. The predicted octanol–water partition coefficient (Wildman–Crippen LogP) is 2.20. The molecule has 0 unspecified atom stereocenters. The standard InChI is InChI=1S/C13H11FN2O2/c1-16(11-7-2-3-8-15-11)13(18)12-9(14)5-4-6-10(12)17/h2-8,17H,1H3. The molecule has 4 nitrogen and oxygen atoms in total. The largest absolute Gasteiger partial charge is 0.507 e. The number of hydrogen-bond donors (Lipinski definition) is 1. The number of amides is 1. The molecule has 0 saturated heterocycles. The molecule has 0 saturated carbocycles. The fourth-order valence-corrected chi connectivity index (χ4v) is 1.55. The number of rotatable bonds is 2. The van der Waals surface area contributed by atoms with Crippen molar-refractivity contribution < 1.29 is 14.3 Å². The molecule has 92 valence electrons. The highest BCUT2D eigenvalue weighted by Crippen LogP contribution is 2.22. The molecule has 1 aromatic carbocycles. The Labute approximate surface area is 103 Å². The summed E-state index contributed by atoms with van der Waals surface area (Å²) in [6, 6.07) is 8.77. The van der Waals surface area contributed by atoms with Crippen LogP contribution in [0.25, 0.3) is 0 Å². The molecule has 2 rings (SSSR count). The maximum absolute atomic E-state index is 13.5. The molecule has 0 aliphatic rings. The maximum atomic E-state index is 13.5. The van der Waals surface area contributed by atoms with E-state index in [9.17, 15) is 14.3 Å². The van der Waals surface area contributed by atoms with Crippen LogP contribution in [0.3, 0.4) is 0 Å². The monoisotopic (exact) mass is 246 g/mol. The van der Waals surface area contributed by atoms with Crippen molar-refractivity contribution in [2.24, 2.45) is 0 Å². The number of aromatic hydroxyl groups is 1. The van der Waals surface area contributed by atoms with Gasteiger partial charge in [0.1, 0.15) is 22.9 Å². The molecular weight excluding hydrogens is 235 g/mol. The summed E-state index contributed by atoms with van der Waals surface area (Å²) in [6.07, 6.45) is 1.53. The Balaban J connectivity index is 2.38. The smallest absolute Gasteiger partial charge is 0.265 e. The number of halogens is 1. The normalized spacial score (nSPS) is 10.1. The molecule has 1 N–H and O–H groups in total. The molecule has 0 atom stereocenters. The third kappa shape index (κ3) is 2.15. The van der Waals surface area contributed by atoms with Gasteiger partial charge in [0.15, 0.2) is 0 Å². The Hall–Kier alpha value is -2.43. The van der Waals surface area contributed by atoms with Crippen molar-refractivity contribution in [1.29, 1.82) is 0 Å². The summed E-state index contributed by atoms with van der Waals surface area (Å²) >= 11 is 0. The molecular formula is C13H11FN2O2. The van der Waals surface area contributed by atoms with E-state index in [2.05, 4.69) is 4.98 Å². The second kappa shape index (κ2) is 4.83. The van der Waals surface area contributed by atoms with Gasteiger partial charge in [0.2, 0.25) is 0 Å². The quantitative estimate of drug-likeness (QED) is 0.883. The van der Waals surface area contributed by atoms with E-state index in [0.717, 1.165) is 6.07 Å². The fraction of sp³-hybridized carbons (Fsp3) is 0.0769. The van der Waals surface area contributed by atoms with Gasteiger partial charge in [-0.15, -0.1) is 0 Å². The molecule has 0 aliphatic carbocycles. The van der Waals surface area contributed by atoms with Crippen LogP contribution in [-0.2, 0) is 0 Å². The number of pyridine rings is 1. The molecule has 0 radical (unpaired) electrons. The van der Waals surface area contributed by atoms with Gasteiger partial charge in [-0.2, -0.15) is 0 Å². The van der Waals surface area contributed by atoms with Crippen molar-refractivity contribution in [3.05, 3.63) is 54.0 Å². The van der Waals surface area contributed by atoms with Crippen LogP contribution in [-0.4, -0.2) is 23.0 Å². The number of anilines is 1. The zero-order valence-electron chi connectivity index (χ0n) is 9.67. The summed E-state index contributed by atoms with van der Waals surface area (Å²) in [4.78, 5) is 17.2. The van der Waals surface area contributed by atoms with Crippen LogP contribution in [0.5, 0.6) is 5.75 Å². The molecule has 18 heavy (non-hydrogen) atoms. The minimum absolute atomic E-state index is 0.356. The highest BCUT2D eigenvalue weighted by molar-refractivity contribution is 6.07. The van der Waals surface area contributed by atoms with Gasteiger partial charge in [-0.3, -0.25) is 9.69 Å². The van der Waals surface area contributed by atoms with Gasteiger partial charge in [-0.25, -0.2) is 9.37 Å². The molecule has 2 aromatic rings. The van der Waals surface area contributed by atoms with Crippen LogP contribution >= 0.6 is 0 Å². The van der Waals surface area contributed by atoms with Crippen LogP contribution in [0.2, 0.25) is 0 Å². The summed E-state index contributed by atoms with van der Waals surface area (Å²) in [5.41, 5.74) is -0.356. The average Bonchev–Trinajstić information content (AvgIpc) is 2.38. The van der Waals surface area contributed by atoms with Crippen LogP contribution < -0.4 is 4.90 Å². The molecule has 5 heteroatoms. The zero-order chi connectivity index (χ0) is 13.1. The number of hydrogen-bond acceptors (Lipinski definition) is 3. The number of benzene rings is 1.